The molecule has 0 radical (unpaired) electrons. The zero-order valence-corrected chi connectivity index (χ0v) is 23.3. The van der Waals surface area contributed by atoms with Crippen molar-refractivity contribution >= 4 is 11.9 Å². The van der Waals surface area contributed by atoms with Crippen LogP contribution in [0.15, 0.2) is 0 Å². The molecule has 1 heterocycles. The van der Waals surface area contributed by atoms with Crippen LogP contribution in [-0.2, 0) is 28.6 Å². The van der Waals surface area contributed by atoms with E-state index in [2.05, 4.69) is 55.4 Å². The van der Waals surface area contributed by atoms with Crippen molar-refractivity contribution < 1.29 is 28.6 Å². The third-order valence-electron chi connectivity index (χ3n) is 7.64. The predicted molar refractivity (Wildman–Crippen MR) is 132 cm³/mol. The Morgan fingerprint density at radius 2 is 1.24 bits per heavy atom. The number of rotatable bonds is 7. The summed E-state index contributed by atoms with van der Waals surface area (Å²) in [7, 11) is 3.43. The fourth-order valence-electron chi connectivity index (χ4n) is 6.38. The van der Waals surface area contributed by atoms with Crippen molar-refractivity contribution in [3.63, 3.8) is 0 Å². The zero-order valence-electron chi connectivity index (χ0n) is 23.3. The highest BCUT2D eigenvalue weighted by Crippen LogP contribution is 2.43. The van der Waals surface area contributed by atoms with Crippen LogP contribution in [0, 0.1) is 10.8 Å². The van der Waals surface area contributed by atoms with Gasteiger partial charge in [0.05, 0.1) is 26.1 Å². The molecule has 7 nitrogen and oxygen atoms in total. The molecule has 1 saturated carbocycles. The molecule has 2 atom stereocenters. The van der Waals surface area contributed by atoms with Gasteiger partial charge >= 0.3 is 11.9 Å². The Hall–Kier alpha value is -1.18. The van der Waals surface area contributed by atoms with E-state index >= 15 is 0 Å². The molecule has 0 amide bonds. The summed E-state index contributed by atoms with van der Waals surface area (Å²) in [5.74, 6) is -0.685. The van der Waals surface area contributed by atoms with E-state index in [0.29, 0.717) is 12.8 Å². The molecule has 0 aromatic rings. The van der Waals surface area contributed by atoms with Crippen LogP contribution in [0.5, 0.6) is 0 Å². The third-order valence-corrected chi connectivity index (χ3v) is 7.64. The lowest BCUT2D eigenvalue weighted by molar-refractivity contribution is -0.278. The van der Waals surface area contributed by atoms with Crippen LogP contribution in [0.25, 0.3) is 0 Å². The Balaban J connectivity index is 1.91. The molecule has 0 aromatic heterocycles. The lowest BCUT2D eigenvalue weighted by Crippen LogP contribution is -2.61. The van der Waals surface area contributed by atoms with Gasteiger partial charge < -0.3 is 19.0 Å². The first-order valence-corrected chi connectivity index (χ1v) is 12.8. The smallest absolute Gasteiger partial charge is 0.306 e. The normalized spacial score (nSPS) is 29.0. The highest BCUT2D eigenvalue weighted by atomic mass is 16.7. The molecule has 0 bridgehead atoms. The summed E-state index contributed by atoms with van der Waals surface area (Å²) >= 11 is 0. The van der Waals surface area contributed by atoms with Gasteiger partial charge in [-0.15, -0.1) is 0 Å². The molecule has 34 heavy (non-hydrogen) atoms. The van der Waals surface area contributed by atoms with E-state index < -0.39 is 0 Å². The molecule has 198 valence electrons. The average molecular weight is 484 g/mol. The molecular weight excluding hydrogens is 434 g/mol. The maximum absolute atomic E-state index is 12.7. The molecule has 0 N–H and O–H groups in total. The van der Waals surface area contributed by atoms with Crippen LogP contribution < -0.4 is 0 Å². The molecule has 0 spiro atoms. The van der Waals surface area contributed by atoms with Crippen molar-refractivity contribution in [1.29, 1.82) is 0 Å². The number of carbonyl (C=O) groups excluding carboxylic acids is 2. The van der Waals surface area contributed by atoms with Crippen molar-refractivity contribution in [2.45, 2.75) is 136 Å². The van der Waals surface area contributed by atoms with E-state index in [0.717, 1.165) is 25.7 Å². The molecule has 2 rings (SSSR count). The van der Waals surface area contributed by atoms with Crippen LogP contribution in [0.4, 0.5) is 0 Å². The highest BCUT2D eigenvalue weighted by Gasteiger charge is 2.47. The van der Waals surface area contributed by atoms with Crippen molar-refractivity contribution in [2.24, 2.45) is 10.8 Å². The van der Waals surface area contributed by atoms with E-state index in [9.17, 15) is 9.59 Å². The first-order chi connectivity index (χ1) is 15.5. The Labute approximate surface area is 207 Å². The molecule has 2 unspecified atom stereocenters. The number of nitrogens with zero attached hydrogens (tertiary/aromatic N) is 1. The van der Waals surface area contributed by atoms with E-state index in [1.54, 1.807) is 14.2 Å². The van der Waals surface area contributed by atoms with Gasteiger partial charge in [-0.2, -0.15) is 5.06 Å². The highest BCUT2D eigenvalue weighted by molar-refractivity contribution is 5.77. The van der Waals surface area contributed by atoms with E-state index in [1.807, 2.05) is 5.06 Å². The van der Waals surface area contributed by atoms with Gasteiger partial charge in [0.2, 0.25) is 0 Å². The minimum absolute atomic E-state index is 0.0321. The standard InChI is InChI=1S/C27H49NO6/c1-24(2)14-13-21(31-9)25(3,4)16-19(15-24)33-22(29)11-12-23(30)34-20-17-26(5,6)28(32-10)27(7,8)18-20/h19-21H,11-18H2,1-10H3. The second kappa shape index (κ2) is 10.8. The summed E-state index contributed by atoms with van der Waals surface area (Å²) in [6.45, 7) is 17.1. The molecule has 0 aromatic carbocycles. The second-order valence-corrected chi connectivity index (χ2v) is 13.1. The van der Waals surface area contributed by atoms with Gasteiger partial charge in [0.25, 0.3) is 0 Å². The van der Waals surface area contributed by atoms with Crippen molar-refractivity contribution in [3.05, 3.63) is 0 Å². The maximum Gasteiger partial charge on any atom is 0.306 e. The Bertz CT molecular complexity index is 696. The number of esters is 2. The number of hydrogen-bond donors (Lipinski definition) is 0. The van der Waals surface area contributed by atoms with Gasteiger partial charge in [-0.25, -0.2) is 0 Å². The van der Waals surface area contributed by atoms with Gasteiger partial charge in [0, 0.05) is 31.0 Å². The monoisotopic (exact) mass is 483 g/mol. The SMILES string of the molecule is COC1CCC(C)(C)CC(OC(=O)CCC(=O)OC2CC(C)(C)N(OC)C(C)(C)C2)CC1(C)C. The number of hydroxylamine groups is 2. The van der Waals surface area contributed by atoms with Crippen molar-refractivity contribution in [3.8, 4) is 0 Å². The summed E-state index contributed by atoms with van der Waals surface area (Å²) in [4.78, 5) is 30.9. The predicted octanol–water partition coefficient (Wildman–Crippen LogP) is 5.45. The van der Waals surface area contributed by atoms with Crippen LogP contribution in [-0.4, -0.2) is 60.6 Å². The van der Waals surface area contributed by atoms with Gasteiger partial charge in [-0.1, -0.05) is 27.7 Å². The minimum Gasteiger partial charge on any atom is -0.462 e. The van der Waals surface area contributed by atoms with Crippen molar-refractivity contribution in [1.82, 2.24) is 5.06 Å². The van der Waals surface area contributed by atoms with Gasteiger partial charge in [0.15, 0.2) is 0 Å². The van der Waals surface area contributed by atoms with Crippen LogP contribution >= 0.6 is 0 Å². The average Bonchev–Trinajstić information content (AvgIpc) is 2.63. The number of hydrogen-bond acceptors (Lipinski definition) is 7. The quantitative estimate of drug-likeness (QED) is 0.446. The summed E-state index contributed by atoms with van der Waals surface area (Å²) in [6.07, 6.45) is 4.71. The minimum atomic E-state index is -0.350. The molecular formula is C27H49NO6. The van der Waals surface area contributed by atoms with E-state index in [-0.39, 0.29) is 65.0 Å². The third kappa shape index (κ3) is 7.66. The summed E-state index contributed by atoms with van der Waals surface area (Å²) in [6, 6.07) is 0. The first-order valence-electron chi connectivity index (χ1n) is 12.8. The molecule has 1 aliphatic carbocycles. The van der Waals surface area contributed by atoms with E-state index in [1.165, 1.54) is 0 Å². The molecule has 7 heteroatoms. The summed E-state index contributed by atoms with van der Waals surface area (Å²) in [5.41, 5.74) is -0.559. The van der Waals surface area contributed by atoms with Gasteiger partial charge in [-0.3, -0.25) is 9.59 Å². The Kier molecular flexibility index (Phi) is 9.26. The number of methoxy groups -OCH3 is 1. The number of piperidine rings is 1. The van der Waals surface area contributed by atoms with Gasteiger partial charge in [-0.05, 0) is 64.2 Å². The van der Waals surface area contributed by atoms with Gasteiger partial charge in [0.1, 0.15) is 12.2 Å². The number of carbonyl (C=O) groups is 2. The van der Waals surface area contributed by atoms with Crippen LogP contribution in [0.2, 0.25) is 0 Å². The zero-order chi connectivity index (χ0) is 25.9. The summed E-state index contributed by atoms with van der Waals surface area (Å²) in [5, 5.41) is 1.98. The molecule has 1 saturated heterocycles. The largest absolute Gasteiger partial charge is 0.462 e. The van der Waals surface area contributed by atoms with Crippen molar-refractivity contribution in [2.75, 3.05) is 14.2 Å². The van der Waals surface area contributed by atoms with E-state index in [4.69, 9.17) is 19.0 Å². The maximum atomic E-state index is 12.7. The Morgan fingerprint density at radius 3 is 1.68 bits per heavy atom. The van der Waals surface area contributed by atoms with Crippen LogP contribution in [0.1, 0.15) is 107 Å². The fourth-order valence-corrected chi connectivity index (χ4v) is 6.38. The second-order valence-electron chi connectivity index (χ2n) is 13.1. The molecule has 1 aliphatic heterocycles. The van der Waals surface area contributed by atoms with Crippen LogP contribution in [0.3, 0.4) is 0 Å². The lowest BCUT2D eigenvalue weighted by Gasteiger charge is -2.52. The first kappa shape index (κ1) is 29.1. The topological polar surface area (TPSA) is 74.3 Å². The summed E-state index contributed by atoms with van der Waals surface area (Å²) < 4.78 is 17.5. The fraction of sp³-hybridized carbons (Fsp3) is 0.926. The Morgan fingerprint density at radius 1 is 0.765 bits per heavy atom. The molecule has 2 fully saturated rings. The molecule has 2 aliphatic rings. The lowest BCUT2D eigenvalue weighted by atomic mass is 9.69. The number of ether oxygens (including phenoxy) is 3.